The monoisotopic (exact) mass is 263 g/mol. The van der Waals surface area contributed by atoms with E-state index in [0.717, 1.165) is 12.3 Å². The van der Waals surface area contributed by atoms with Crippen molar-refractivity contribution in [2.45, 2.75) is 0 Å². The summed E-state index contributed by atoms with van der Waals surface area (Å²) in [5, 5.41) is 0. The molecule has 0 unspecified atom stereocenters. The summed E-state index contributed by atoms with van der Waals surface area (Å²) >= 11 is 2.90. The minimum Gasteiger partial charge on any atom is -0.445 e. The normalized spacial score (nSPS) is 10.7. The van der Waals surface area contributed by atoms with Crippen molar-refractivity contribution >= 4 is 28.4 Å². The number of pyridine rings is 1. The van der Waals surface area contributed by atoms with E-state index in [1.54, 1.807) is 0 Å². The van der Waals surface area contributed by atoms with Crippen LogP contribution in [0.2, 0.25) is 0 Å². The third kappa shape index (κ3) is 3.89. The van der Waals surface area contributed by atoms with Gasteiger partial charge in [-0.1, -0.05) is 11.5 Å². The molecule has 0 aliphatic rings. The van der Waals surface area contributed by atoms with Crippen molar-refractivity contribution in [2.24, 2.45) is 0 Å². The van der Waals surface area contributed by atoms with Crippen LogP contribution in [0.25, 0.3) is 0 Å². The molecule has 60 valence electrons. The first-order chi connectivity index (χ1) is 5.00. The van der Waals surface area contributed by atoms with Crippen molar-refractivity contribution < 1.29 is 64.3 Å². The van der Waals surface area contributed by atoms with Crippen molar-refractivity contribution in [1.29, 1.82) is 0 Å². The van der Waals surface area contributed by atoms with E-state index < -0.39 is 12.4 Å². The fraction of sp³-hybridized carbons (Fsp3) is 0. The summed E-state index contributed by atoms with van der Waals surface area (Å²) in [5.74, 6) is 0. The summed E-state index contributed by atoms with van der Waals surface area (Å²) in [6, 6.07) is 1.01. The van der Waals surface area contributed by atoms with E-state index in [1.165, 1.54) is 6.20 Å². The van der Waals surface area contributed by atoms with E-state index in [9.17, 15) is 12.9 Å². The van der Waals surface area contributed by atoms with Crippen LogP contribution in [0, 0.1) is 0 Å². The Labute approximate surface area is 119 Å². The summed E-state index contributed by atoms with van der Waals surface area (Å²) in [6.45, 7) is -4.92. The molecule has 1 heterocycles. The molecular formula is C5H3BBrF3KN. The second-order valence-electron chi connectivity index (χ2n) is 2.01. The van der Waals surface area contributed by atoms with Gasteiger partial charge in [0.1, 0.15) is 0 Å². The van der Waals surface area contributed by atoms with Gasteiger partial charge in [0.15, 0.2) is 0 Å². The molecule has 1 aromatic rings. The van der Waals surface area contributed by atoms with Gasteiger partial charge in [-0.25, -0.2) is 0 Å². The zero-order chi connectivity index (χ0) is 8.48. The zero-order valence-electron chi connectivity index (χ0n) is 6.27. The van der Waals surface area contributed by atoms with Gasteiger partial charge in [0.2, 0.25) is 0 Å². The Bertz CT molecular complexity index is 267. The number of nitrogens with zero attached hydrogens (tertiary/aromatic N) is 1. The quantitative estimate of drug-likeness (QED) is 0.587. The fourth-order valence-corrected chi connectivity index (χ4v) is 0.990. The van der Waals surface area contributed by atoms with E-state index in [-0.39, 0.29) is 51.4 Å². The van der Waals surface area contributed by atoms with Crippen molar-refractivity contribution in [3.8, 4) is 0 Å². The first-order valence-electron chi connectivity index (χ1n) is 2.80. The van der Waals surface area contributed by atoms with Crippen LogP contribution in [0.15, 0.2) is 22.9 Å². The molecule has 0 aliphatic heterocycles. The molecule has 0 atom stereocenters. The average molecular weight is 264 g/mol. The predicted molar refractivity (Wildman–Crippen MR) is 40.6 cm³/mol. The molecule has 1 aromatic heterocycles. The molecule has 0 spiro atoms. The molecular weight excluding hydrogens is 261 g/mol. The van der Waals surface area contributed by atoms with Crippen LogP contribution in [-0.4, -0.2) is 12.0 Å². The zero-order valence-corrected chi connectivity index (χ0v) is 11.0. The van der Waals surface area contributed by atoms with Crippen LogP contribution < -0.4 is 56.8 Å². The van der Waals surface area contributed by atoms with Gasteiger partial charge in [-0.3, -0.25) is 4.98 Å². The molecule has 0 saturated heterocycles. The second-order valence-corrected chi connectivity index (χ2v) is 2.93. The fourth-order valence-electron chi connectivity index (χ4n) is 0.607. The molecule has 1 rings (SSSR count). The first kappa shape index (κ1) is 13.1. The van der Waals surface area contributed by atoms with E-state index >= 15 is 0 Å². The largest absolute Gasteiger partial charge is 1.00 e. The standard InChI is InChI=1S/C5H3BBrF3N.K/c7-5-1-4(2-11-3-5)6(8,9)10;/h1-3H;/q-1;+1. The van der Waals surface area contributed by atoms with E-state index in [4.69, 9.17) is 0 Å². The van der Waals surface area contributed by atoms with Crippen LogP contribution in [0.3, 0.4) is 0 Å². The Hall–Kier alpha value is 1.12. The van der Waals surface area contributed by atoms with Crippen LogP contribution in [0.1, 0.15) is 0 Å². The molecule has 1 nitrogen and oxygen atoms in total. The van der Waals surface area contributed by atoms with Gasteiger partial charge >= 0.3 is 58.4 Å². The predicted octanol–water partition coefficient (Wildman–Crippen LogP) is -1.10. The van der Waals surface area contributed by atoms with Gasteiger partial charge in [0.25, 0.3) is 0 Å². The minimum absolute atomic E-state index is 0. The second kappa shape index (κ2) is 5.11. The summed E-state index contributed by atoms with van der Waals surface area (Å²) in [4.78, 5) is 3.40. The Morgan fingerprint density at radius 1 is 1.25 bits per heavy atom. The maximum absolute atomic E-state index is 12.0. The molecule has 12 heavy (non-hydrogen) atoms. The van der Waals surface area contributed by atoms with Crippen molar-refractivity contribution in [3.05, 3.63) is 22.9 Å². The van der Waals surface area contributed by atoms with Crippen LogP contribution in [-0.2, 0) is 0 Å². The van der Waals surface area contributed by atoms with Gasteiger partial charge in [-0.15, -0.1) is 0 Å². The molecule has 0 aliphatic carbocycles. The van der Waals surface area contributed by atoms with E-state index in [2.05, 4.69) is 20.9 Å². The van der Waals surface area contributed by atoms with Crippen molar-refractivity contribution in [1.82, 2.24) is 4.98 Å². The van der Waals surface area contributed by atoms with E-state index in [0.29, 0.717) is 4.47 Å². The van der Waals surface area contributed by atoms with Crippen LogP contribution in [0.4, 0.5) is 12.9 Å². The van der Waals surface area contributed by atoms with Gasteiger partial charge in [0.05, 0.1) is 0 Å². The Morgan fingerprint density at radius 3 is 2.17 bits per heavy atom. The molecule has 7 heteroatoms. The molecule has 0 bridgehead atoms. The van der Waals surface area contributed by atoms with Crippen LogP contribution in [0.5, 0.6) is 0 Å². The third-order valence-corrected chi connectivity index (χ3v) is 1.54. The van der Waals surface area contributed by atoms with Crippen molar-refractivity contribution in [3.63, 3.8) is 0 Å². The summed E-state index contributed by atoms with van der Waals surface area (Å²) < 4.78 is 36.3. The van der Waals surface area contributed by atoms with Crippen LogP contribution >= 0.6 is 15.9 Å². The summed E-state index contributed by atoms with van der Waals surface area (Å²) in [5.41, 5.74) is -0.681. The van der Waals surface area contributed by atoms with Crippen molar-refractivity contribution in [2.75, 3.05) is 0 Å². The molecule has 0 amide bonds. The topological polar surface area (TPSA) is 12.9 Å². The molecule has 0 N–H and O–H groups in total. The maximum Gasteiger partial charge on any atom is 1.00 e. The molecule has 0 radical (unpaired) electrons. The van der Waals surface area contributed by atoms with Gasteiger partial charge in [-0.05, 0) is 15.9 Å². The number of hydrogen-bond donors (Lipinski definition) is 0. The number of halogens is 4. The maximum atomic E-state index is 12.0. The molecule has 0 saturated carbocycles. The summed E-state index contributed by atoms with van der Waals surface area (Å²) in [6.07, 6.45) is 2.12. The van der Waals surface area contributed by atoms with Gasteiger partial charge in [0, 0.05) is 16.9 Å². The molecule has 0 aromatic carbocycles. The first-order valence-corrected chi connectivity index (χ1v) is 3.60. The van der Waals surface area contributed by atoms with Gasteiger partial charge < -0.3 is 12.9 Å². The van der Waals surface area contributed by atoms with Gasteiger partial charge in [-0.2, -0.15) is 0 Å². The Kier molecular flexibility index (Phi) is 5.59. The van der Waals surface area contributed by atoms with E-state index in [1.807, 2.05) is 0 Å². The molecule has 0 fully saturated rings. The summed E-state index contributed by atoms with van der Waals surface area (Å²) in [7, 11) is 0. The average Bonchev–Trinajstić information content (AvgIpc) is 1.86. The minimum atomic E-state index is -4.92. The third-order valence-electron chi connectivity index (χ3n) is 1.10. The number of hydrogen-bond acceptors (Lipinski definition) is 1. The Morgan fingerprint density at radius 2 is 1.83 bits per heavy atom. The SMILES string of the molecule is F[B-](F)(F)c1cncc(Br)c1.[K+]. The smallest absolute Gasteiger partial charge is 0.445 e. The Balaban J connectivity index is 0.00000121. The number of aromatic nitrogens is 1. The number of rotatable bonds is 1.